The molecule has 7 nitrogen and oxygen atoms in total. The van der Waals surface area contributed by atoms with E-state index in [-0.39, 0.29) is 24.6 Å². The number of methoxy groups -OCH3 is 1. The second kappa shape index (κ2) is 15.0. The Hall–Kier alpha value is -3.14. The first-order chi connectivity index (χ1) is 21.4. The van der Waals surface area contributed by atoms with Crippen LogP contribution in [0, 0.1) is 17.0 Å². The van der Waals surface area contributed by atoms with Gasteiger partial charge in [0.1, 0.15) is 0 Å². The summed E-state index contributed by atoms with van der Waals surface area (Å²) in [5.41, 5.74) is 0.908. The molecule has 0 aliphatic heterocycles. The molecule has 4 atom stereocenters. The number of amides is 1. The van der Waals surface area contributed by atoms with Gasteiger partial charge in [-0.05, 0) is 107 Å². The first-order valence-corrected chi connectivity index (χ1v) is 16.0. The van der Waals surface area contributed by atoms with Crippen LogP contribution in [0.5, 0.6) is 0 Å². The van der Waals surface area contributed by atoms with Crippen LogP contribution in [0.2, 0.25) is 0 Å². The first-order valence-electron chi connectivity index (χ1n) is 16.0. The van der Waals surface area contributed by atoms with Gasteiger partial charge in [0, 0.05) is 36.8 Å². The molecule has 0 aromatic heterocycles. The van der Waals surface area contributed by atoms with Crippen LogP contribution in [0.3, 0.4) is 0 Å². The monoisotopic (exact) mass is 627 g/mol. The minimum absolute atomic E-state index is 0.0223. The van der Waals surface area contributed by atoms with Crippen LogP contribution >= 0.6 is 0 Å². The second-order valence-corrected chi connectivity index (χ2v) is 12.9. The number of aliphatic hydroxyl groups is 2. The number of ketones is 1. The van der Waals surface area contributed by atoms with E-state index in [2.05, 4.69) is 6.08 Å². The van der Waals surface area contributed by atoms with Crippen molar-refractivity contribution in [2.75, 3.05) is 33.4 Å². The molecule has 3 aliphatic carbocycles. The molecule has 2 N–H and O–H groups in total. The molecule has 9 heteroatoms. The zero-order valence-corrected chi connectivity index (χ0v) is 26.9. The van der Waals surface area contributed by atoms with E-state index in [9.17, 15) is 28.6 Å². The fourth-order valence-electron chi connectivity index (χ4n) is 7.15. The van der Waals surface area contributed by atoms with Gasteiger partial charge in [0.25, 0.3) is 0 Å². The van der Waals surface area contributed by atoms with Crippen molar-refractivity contribution in [1.29, 1.82) is 0 Å². The number of rotatable bonds is 9. The molecule has 45 heavy (non-hydrogen) atoms. The number of allylic oxidation sites excluding steroid dienone is 2. The van der Waals surface area contributed by atoms with Crippen molar-refractivity contribution in [2.45, 2.75) is 89.8 Å². The van der Waals surface area contributed by atoms with Crippen LogP contribution in [0.1, 0.15) is 98.7 Å². The predicted octanol–water partition coefficient (Wildman–Crippen LogP) is 6.73. The molecule has 0 heterocycles. The van der Waals surface area contributed by atoms with Gasteiger partial charge in [-0.3, -0.25) is 4.79 Å². The third kappa shape index (κ3) is 7.81. The Kier molecular flexibility index (Phi) is 11.6. The van der Waals surface area contributed by atoms with Crippen LogP contribution in [-0.4, -0.2) is 72.1 Å². The molecule has 0 saturated heterocycles. The maximum Gasteiger partial charge on any atom is 0.409 e. The number of halogens is 2. The molecule has 5 rings (SSSR count). The Balaban J connectivity index is 1.82. The Morgan fingerprint density at radius 1 is 1.09 bits per heavy atom. The number of benzene rings is 2. The smallest absolute Gasteiger partial charge is 0.409 e. The zero-order valence-electron chi connectivity index (χ0n) is 26.9. The lowest BCUT2D eigenvalue weighted by Crippen LogP contribution is -2.54. The zero-order chi connectivity index (χ0) is 32.8. The van der Waals surface area contributed by atoms with Gasteiger partial charge in [-0.15, -0.1) is 0 Å². The minimum atomic E-state index is -1.31. The fourth-order valence-corrected chi connectivity index (χ4v) is 7.15. The van der Waals surface area contributed by atoms with Gasteiger partial charge in [-0.2, -0.15) is 0 Å². The lowest BCUT2D eigenvalue weighted by Gasteiger charge is -2.46. The average Bonchev–Trinajstić information content (AvgIpc) is 3.25. The van der Waals surface area contributed by atoms with Gasteiger partial charge in [-0.1, -0.05) is 30.7 Å². The SMILES string of the molecule is CCOC(=O)N(CCCOC)C[C@]1(O)CC[C@H]2c3ccc(cc3C(=O)c3ccc(F)c(F)c3)C[C@@H](O)CCC(C)=CCC[C@@]21C. The molecule has 0 radical (unpaired) electrons. The summed E-state index contributed by atoms with van der Waals surface area (Å²) in [6, 6.07) is 8.68. The van der Waals surface area contributed by atoms with Crippen LogP contribution < -0.4 is 0 Å². The van der Waals surface area contributed by atoms with Crippen molar-refractivity contribution in [3.63, 3.8) is 0 Å². The van der Waals surface area contributed by atoms with Crippen molar-refractivity contribution in [3.8, 4) is 0 Å². The molecule has 2 bridgehead atoms. The molecule has 1 amide bonds. The van der Waals surface area contributed by atoms with Crippen molar-refractivity contribution in [1.82, 2.24) is 4.90 Å². The highest BCUT2D eigenvalue weighted by molar-refractivity contribution is 6.10. The van der Waals surface area contributed by atoms with Crippen molar-refractivity contribution in [3.05, 3.63) is 81.9 Å². The van der Waals surface area contributed by atoms with Gasteiger partial charge in [-0.25, -0.2) is 13.6 Å². The van der Waals surface area contributed by atoms with Gasteiger partial charge in [0.15, 0.2) is 17.4 Å². The summed E-state index contributed by atoms with van der Waals surface area (Å²) in [6.07, 6.45) is 5.38. The number of nitrogens with zero attached hydrogens (tertiary/aromatic N) is 1. The van der Waals surface area contributed by atoms with E-state index in [1.165, 1.54) is 6.07 Å². The molecule has 1 saturated carbocycles. The Bertz CT molecular complexity index is 1400. The molecular weight excluding hydrogens is 580 g/mol. The van der Waals surface area contributed by atoms with E-state index in [1.807, 2.05) is 26.0 Å². The molecule has 0 spiro atoms. The van der Waals surface area contributed by atoms with Crippen LogP contribution in [0.15, 0.2) is 48.0 Å². The number of aliphatic hydroxyl groups excluding tert-OH is 1. The maximum absolute atomic E-state index is 14.3. The summed E-state index contributed by atoms with van der Waals surface area (Å²) >= 11 is 0. The number of ether oxygens (including phenoxy) is 2. The van der Waals surface area contributed by atoms with E-state index in [4.69, 9.17) is 9.47 Å². The third-order valence-electron chi connectivity index (χ3n) is 9.85. The number of fused-ring (bicyclic) bond motifs is 8. The van der Waals surface area contributed by atoms with Crippen molar-refractivity contribution in [2.24, 2.45) is 5.41 Å². The summed E-state index contributed by atoms with van der Waals surface area (Å²) in [5, 5.41) is 23.3. The number of hydrogen-bond donors (Lipinski definition) is 2. The summed E-state index contributed by atoms with van der Waals surface area (Å²) in [4.78, 5) is 28.6. The summed E-state index contributed by atoms with van der Waals surface area (Å²) in [5.74, 6) is -2.88. The topological polar surface area (TPSA) is 96.3 Å². The molecule has 2 aromatic rings. The van der Waals surface area contributed by atoms with Gasteiger partial charge in [0.05, 0.1) is 24.9 Å². The maximum atomic E-state index is 14.3. The summed E-state index contributed by atoms with van der Waals surface area (Å²) in [7, 11) is 1.60. The molecular formula is C36H47F2NO6. The molecule has 246 valence electrons. The fraction of sp³-hybridized carbons (Fsp3) is 0.556. The average molecular weight is 628 g/mol. The van der Waals surface area contributed by atoms with Crippen LogP contribution in [0.4, 0.5) is 13.6 Å². The van der Waals surface area contributed by atoms with E-state index < -0.39 is 40.6 Å². The third-order valence-corrected chi connectivity index (χ3v) is 9.85. The standard InChI is InChI=1S/C36H47F2NO6/c1-5-45-34(42)39(18-7-19-44-4)23-36(43)17-15-30-28-13-10-25(20-27(40)12-9-24(2)8-6-16-35(30,36)3)21-29(28)33(41)26-11-14-31(37)32(38)22-26/h8,10-11,13-14,21-22,27,30,40,43H,5-7,9,12,15-20,23H2,1-4H3/t27-,30-,35-,36+/m0/s1. The van der Waals surface area contributed by atoms with Crippen molar-refractivity contribution >= 4 is 11.9 Å². The molecule has 2 aromatic carbocycles. The molecule has 0 unspecified atom stereocenters. The highest BCUT2D eigenvalue weighted by Gasteiger charge is 2.57. The lowest BCUT2D eigenvalue weighted by atomic mass is 9.64. The summed E-state index contributed by atoms with van der Waals surface area (Å²) in [6.45, 7) is 6.89. The van der Waals surface area contributed by atoms with E-state index in [1.54, 1.807) is 25.0 Å². The predicted molar refractivity (Wildman–Crippen MR) is 168 cm³/mol. The Morgan fingerprint density at radius 2 is 1.87 bits per heavy atom. The number of carbonyl (C=O) groups excluding carboxylic acids is 2. The van der Waals surface area contributed by atoms with E-state index in [0.29, 0.717) is 75.6 Å². The lowest BCUT2D eigenvalue weighted by molar-refractivity contribution is -0.0814. The highest BCUT2D eigenvalue weighted by atomic mass is 19.2. The Labute approximate surface area is 265 Å². The quantitative estimate of drug-likeness (QED) is 0.182. The molecule has 3 aliphatic rings. The second-order valence-electron chi connectivity index (χ2n) is 12.9. The van der Waals surface area contributed by atoms with E-state index in [0.717, 1.165) is 23.3 Å². The number of hydrogen-bond acceptors (Lipinski definition) is 6. The van der Waals surface area contributed by atoms with Crippen molar-refractivity contribution < 1.29 is 38.1 Å². The van der Waals surface area contributed by atoms with Crippen LogP contribution in [-0.2, 0) is 15.9 Å². The first kappa shape index (κ1) is 34.7. The summed E-state index contributed by atoms with van der Waals surface area (Å²) < 4.78 is 38.6. The largest absolute Gasteiger partial charge is 0.450 e. The minimum Gasteiger partial charge on any atom is -0.450 e. The normalized spacial score (nSPS) is 25.3. The van der Waals surface area contributed by atoms with Gasteiger partial charge < -0.3 is 24.6 Å². The molecule has 1 fully saturated rings. The van der Waals surface area contributed by atoms with E-state index >= 15 is 0 Å². The highest BCUT2D eigenvalue weighted by Crippen LogP contribution is 2.59. The number of carbonyl (C=O) groups is 2. The van der Waals surface area contributed by atoms with Gasteiger partial charge in [0.2, 0.25) is 0 Å². The van der Waals surface area contributed by atoms with Gasteiger partial charge >= 0.3 is 6.09 Å². The van der Waals surface area contributed by atoms with Crippen LogP contribution in [0.25, 0.3) is 0 Å². The Morgan fingerprint density at radius 3 is 2.58 bits per heavy atom.